The Bertz CT molecular complexity index is 528. The first-order chi connectivity index (χ1) is 9.63. The van der Waals surface area contributed by atoms with Gasteiger partial charge in [-0.05, 0) is 50.2 Å². The maximum absolute atomic E-state index is 11.3. The lowest BCUT2D eigenvalue weighted by Gasteiger charge is -2.46. The van der Waals surface area contributed by atoms with E-state index in [0.29, 0.717) is 0 Å². The third-order valence-corrected chi connectivity index (χ3v) is 4.64. The lowest BCUT2D eigenvalue weighted by Crippen LogP contribution is -2.48. The minimum atomic E-state index is -0.757. The largest absolute Gasteiger partial charge is 0.480 e. The highest BCUT2D eigenvalue weighted by Gasteiger charge is 2.38. The van der Waals surface area contributed by atoms with Crippen LogP contribution in [-0.4, -0.2) is 28.1 Å². The highest BCUT2D eigenvalue weighted by Crippen LogP contribution is 2.45. The Morgan fingerprint density at radius 1 is 1.33 bits per heavy atom. The van der Waals surface area contributed by atoms with Crippen LogP contribution >= 0.6 is 0 Å². The molecule has 0 amide bonds. The Labute approximate surface area is 128 Å². The molecule has 1 unspecified atom stereocenters. The molecular weight excluding hydrogens is 262 g/mol. The van der Waals surface area contributed by atoms with Gasteiger partial charge in [0.15, 0.2) is 0 Å². The molecule has 3 nitrogen and oxygen atoms in total. The first-order valence-corrected chi connectivity index (χ1v) is 7.71. The predicted octanol–water partition coefficient (Wildman–Crippen LogP) is 3.98. The molecule has 21 heavy (non-hydrogen) atoms. The highest BCUT2D eigenvalue weighted by molar-refractivity contribution is 5.69. The number of carbonyl (C=O) groups is 1. The minimum absolute atomic E-state index is 0.0862. The van der Waals surface area contributed by atoms with Crippen LogP contribution in [0.5, 0.6) is 0 Å². The van der Waals surface area contributed by atoms with Crippen LogP contribution in [0.2, 0.25) is 0 Å². The normalized spacial score (nSPS) is 21.1. The van der Waals surface area contributed by atoms with Gasteiger partial charge in [0.05, 0.1) is 6.54 Å². The van der Waals surface area contributed by atoms with E-state index < -0.39 is 5.97 Å². The van der Waals surface area contributed by atoms with Crippen LogP contribution in [-0.2, 0) is 10.2 Å². The molecule has 2 rings (SSSR count). The molecule has 0 aromatic heterocycles. The molecule has 1 aromatic rings. The average molecular weight is 289 g/mol. The number of hydrogen-bond donors (Lipinski definition) is 1. The molecular formula is C18H27NO2. The smallest absolute Gasteiger partial charge is 0.317 e. The van der Waals surface area contributed by atoms with E-state index in [-0.39, 0.29) is 23.5 Å². The Morgan fingerprint density at radius 2 is 1.95 bits per heavy atom. The molecule has 1 N–H and O–H groups in total. The van der Waals surface area contributed by atoms with Gasteiger partial charge in [0, 0.05) is 11.6 Å². The maximum Gasteiger partial charge on any atom is 0.317 e. The van der Waals surface area contributed by atoms with Gasteiger partial charge >= 0.3 is 5.97 Å². The molecule has 0 fully saturated rings. The lowest BCUT2D eigenvalue weighted by molar-refractivity contribution is -0.141. The monoisotopic (exact) mass is 289 g/mol. The van der Waals surface area contributed by atoms with Gasteiger partial charge in [-0.25, -0.2) is 0 Å². The van der Waals surface area contributed by atoms with E-state index in [1.807, 2.05) is 0 Å². The zero-order valence-corrected chi connectivity index (χ0v) is 13.8. The van der Waals surface area contributed by atoms with Crippen LogP contribution in [0.1, 0.15) is 64.6 Å². The number of aliphatic carboxylic acids is 1. The zero-order chi connectivity index (χ0) is 15.8. The fourth-order valence-corrected chi connectivity index (χ4v) is 3.48. The average Bonchev–Trinajstić information content (AvgIpc) is 2.36. The summed E-state index contributed by atoms with van der Waals surface area (Å²) < 4.78 is 0. The maximum atomic E-state index is 11.3. The van der Waals surface area contributed by atoms with Crippen molar-refractivity contribution in [1.82, 2.24) is 4.90 Å². The number of rotatable bonds is 3. The van der Waals surface area contributed by atoms with E-state index in [4.69, 9.17) is 0 Å². The summed E-state index contributed by atoms with van der Waals surface area (Å²) in [4.78, 5) is 13.4. The quantitative estimate of drug-likeness (QED) is 0.915. The first-order valence-electron chi connectivity index (χ1n) is 7.71. The third kappa shape index (κ3) is 3.29. The zero-order valence-electron chi connectivity index (χ0n) is 13.8. The first kappa shape index (κ1) is 16.0. The summed E-state index contributed by atoms with van der Waals surface area (Å²) in [6, 6.07) is 8.70. The summed E-state index contributed by atoms with van der Waals surface area (Å²) >= 11 is 0. The minimum Gasteiger partial charge on any atom is -0.480 e. The van der Waals surface area contributed by atoms with Crippen molar-refractivity contribution in [1.29, 1.82) is 0 Å². The Balaban J connectivity index is 2.46. The van der Waals surface area contributed by atoms with E-state index in [1.165, 1.54) is 11.1 Å². The molecule has 0 bridgehead atoms. The van der Waals surface area contributed by atoms with Gasteiger partial charge in [-0.15, -0.1) is 0 Å². The summed E-state index contributed by atoms with van der Waals surface area (Å²) in [6.07, 6.45) is 2.09. The van der Waals surface area contributed by atoms with Gasteiger partial charge in [-0.2, -0.15) is 0 Å². The Kier molecular flexibility index (Phi) is 4.16. The fourth-order valence-electron chi connectivity index (χ4n) is 3.48. The standard InChI is InChI=1S/C18H27NO2/c1-17(2,3)19(12-16(20)21)15-10-11-18(4,5)14-9-7-6-8-13(14)15/h6-9,15H,10-12H2,1-5H3,(H,20,21). The lowest BCUT2D eigenvalue weighted by atomic mass is 9.70. The number of fused-ring (bicyclic) bond motifs is 1. The number of benzene rings is 1. The van der Waals surface area contributed by atoms with Crippen LogP contribution in [0.3, 0.4) is 0 Å². The topological polar surface area (TPSA) is 40.5 Å². The molecule has 0 radical (unpaired) electrons. The number of nitrogens with zero attached hydrogens (tertiary/aromatic N) is 1. The summed E-state index contributed by atoms with van der Waals surface area (Å²) in [5.41, 5.74) is 2.66. The van der Waals surface area contributed by atoms with Gasteiger partial charge in [0.2, 0.25) is 0 Å². The molecule has 0 saturated carbocycles. The van der Waals surface area contributed by atoms with Crippen molar-refractivity contribution < 1.29 is 9.90 Å². The van der Waals surface area contributed by atoms with E-state index in [2.05, 4.69) is 63.8 Å². The number of carboxylic acids is 1. The van der Waals surface area contributed by atoms with Gasteiger partial charge in [0.1, 0.15) is 0 Å². The predicted molar refractivity (Wildman–Crippen MR) is 85.5 cm³/mol. The van der Waals surface area contributed by atoms with E-state index in [1.54, 1.807) is 0 Å². The van der Waals surface area contributed by atoms with E-state index >= 15 is 0 Å². The molecule has 3 heteroatoms. The SMILES string of the molecule is CC1(C)CCC(N(CC(=O)O)C(C)(C)C)c2ccccc21. The Morgan fingerprint density at radius 3 is 2.52 bits per heavy atom. The van der Waals surface area contributed by atoms with Gasteiger partial charge in [-0.3, -0.25) is 9.69 Å². The highest BCUT2D eigenvalue weighted by atomic mass is 16.4. The van der Waals surface area contributed by atoms with Gasteiger partial charge in [-0.1, -0.05) is 38.1 Å². The molecule has 0 heterocycles. The van der Waals surface area contributed by atoms with E-state index in [0.717, 1.165) is 12.8 Å². The van der Waals surface area contributed by atoms with Crippen LogP contribution in [0.4, 0.5) is 0 Å². The fraction of sp³-hybridized carbons (Fsp3) is 0.611. The summed E-state index contributed by atoms with van der Waals surface area (Å²) in [7, 11) is 0. The molecule has 0 aliphatic heterocycles. The number of carboxylic acid groups (broad SMARTS) is 1. The van der Waals surface area contributed by atoms with Gasteiger partial charge < -0.3 is 5.11 Å². The van der Waals surface area contributed by atoms with Crippen molar-refractivity contribution in [3.63, 3.8) is 0 Å². The van der Waals surface area contributed by atoms with Crippen molar-refractivity contribution in [2.45, 2.75) is 64.5 Å². The second-order valence-electron chi connectivity index (χ2n) is 7.72. The molecule has 0 spiro atoms. The molecule has 1 aliphatic carbocycles. The van der Waals surface area contributed by atoms with Crippen LogP contribution in [0.15, 0.2) is 24.3 Å². The summed E-state index contributed by atoms with van der Waals surface area (Å²) in [5.74, 6) is -0.757. The second-order valence-corrected chi connectivity index (χ2v) is 7.72. The van der Waals surface area contributed by atoms with Crippen molar-refractivity contribution in [3.8, 4) is 0 Å². The molecule has 116 valence electrons. The molecule has 1 aliphatic rings. The molecule has 0 saturated heterocycles. The van der Waals surface area contributed by atoms with E-state index in [9.17, 15) is 9.90 Å². The summed E-state index contributed by atoms with van der Waals surface area (Å²) in [5, 5.41) is 9.29. The van der Waals surface area contributed by atoms with Crippen molar-refractivity contribution in [2.75, 3.05) is 6.54 Å². The van der Waals surface area contributed by atoms with Crippen molar-refractivity contribution >= 4 is 5.97 Å². The molecule has 1 aromatic carbocycles. The van der Waals surface area contributed by atoms with Gasteiger partial charge in [0.25, 0.3) is 0 Å². The summed E-state index contributed by atoms with van der Waals surface area (Å²) in [6.45, 7) is 10.9. The third-order valence-electron chi connectivity index (χ3n) is 4.64. The van der Waals surface area contributed by atoms with Crippen LogP contribution < -0.4 is 0 Å². The van der Waals surface area contributed by atoms with Crippen LogP contribution in [0, 0.1) is 0 Å². The van der Waals surface area contributed by atoms with Crippen molar-refractivity contribution in [2.24, 2.45) is 0 Å². The second kappa shape index (κ2) is 5.45. The van der Waals surface area contributed by atoms with Crippen LogP contribution in [0.25, 0.3) is 0 Å². The Hall–Kier alpha value is -1.35. The number of hydrogen-bond acceptors (Lipinski definition) is 2. The van der Waals surface area contributed by atoms with Crippen molar-refractivity contribution in [3.05, 3.63) is 35.4 Å². The molecule has 1 atom stereocenters.